The molecule has 0 radical (unpaired) electrons. The second kappa shape index (κ2) is 6.34. The third-order valence-electron chi connectivity index (χ3n) is 1.72. The van der Waals surface area contributed by atoms with E-state index in [0.717, 1.165) is 4.43 Å². The summed E-state index contributed by atoms with van der Waals surface area (Å²) in [6.07, 6.45) is 0.106. The maximum atomic E-state index is 8.63. The highest BCUT2D eigenvalue weighted by Crippen LogP contribution is 2.18. The summed E-state index contributed by atoms with van der Waals surface area (Å²) in [5.74, 6) is 0. The van der Waals surface area contributed by atoms with Crippen molar-refractivity contribution in [2.75, 3.05) is 17.6 Å². The summed E-state index contributed by atoms with van der Waals surface area (Å²) in [6, 6.07) is 10.1. The lowest BCUT2D eigenvalue weighted by molar-refractivity contribution is 0.0427. The molecule has 72 valence electrons. The van der Waals surface area contributed by atoms with Crippen LogP contribution in [0.5, 0.6) is 0 Å². The van der Waals surface area contributed by atoms with E-state index in [1.807, 2.05) is 30.3 Å². The van der Waals surface area contributed by atoms with Crippen LogP contribution in [0, 0.1) is 0 Å². The highest BCUT2D eigenvalue weighted by Gasteiger charge is 2.08. The molecule has 3 heteroatoms. The smallest absolute Gasteiger partial charge is 0.0915 e. The van der Waals surface area contributed by atoms with Crippen molar-refractivity contribution in [2.24, 2.45) is 0 Å². The lowest BCUT2D eigenvalue weighted by Gasteiger charge is -2.14. The monoisotopic (exact) mass is 292 g/mol. The molecule has 0 aromatic heterocycles. The van der Waals surface area contributed by atoms with Gasteiger partial charge in [-0.2, -0.15) is 0 Å². The van der Waals surface area contributed by atoms with E-state index < -0.39 is 0 Å². The van der Waals surface area contributed by atoms with Crippen molar-refractivity contribution >= 4 is 22.6 Å². The van der Waals surface area contributed by atoms with Crippen LogP contribution in [-0.4, -0.2) is 22.7 Å². The fourth-order valence-electron chi connectivity index (χ4n) is 1.09. The van der Waals surface area contributed by atoms with Crippen molar-refractivity contribution in [1.82, 2.24) is 0 Å². The molecule has 0 saturated heterocycles. The third-order valence-corrected chi connectivity index (χ3v) is 2.52. The number of benzene rings is 1. The molecule has 0 bridgehead atoms. The maximum Gasteiger partial charge on any atom is 0.0915 e. The van der Waals surface area contributed by atoms with Crippen molar-refractivity contribution in [3.8, 4) is 0 Å². The SMILES string of the molecule is OCCO[C@@H](CI)c1ccccc1. The first-order chi connectivity index (χ1) is 6.38. The number of rotatable bonds is 5. The second-order valence-corrected chi connectivity index (χ2v) is 3.53. The lowest BCUT2D eigenvalue weighted by Crippen LogP contribution is -2.08. The lowest BCUT2D eigenvalue weighted by atomic mass is 10.1. The van der Waals surface area contributed by atoms with Gasteiger partial charge in [0, 0.05) is 4.43 Å². The Labute approximate surface area is 92.1 Å². The molecule has 1 aromatic carbocycles. The van der Waals surface area contributed by atoms with Gasteiger partial charge in [0.05, 0.1) is 19.3 Å². The van der Waals surface area contributed by atoms with Crippen molar-refractivity contribution in [3.05, 3.63) is 35.9 Å². The van der Waals surface area contributed by atoms with E-state index in [2.05, 4.69) is 22.6 Å². The number of halogens is 1. The van der Waals surface area contributed by atoms with Crippen LogP contribution in [0.25, 0.3) is 0 Å². The number of ether oxygens (including phenoxy) is 1. The summed E-state index contributed by atoms with van der Waals surface area (Å²) in [7, 11) is 0. The zero-order valence-corrected chi connectivity index (χ0v) is 9.48. The molecule has 0 fully saturated rings. The fourth-order valence-corrected chi connectivity index (χ4v) is 1.86. The molecular formula is C10H13IO2. The first kappa shape index (κ1) is 10.9. The van der Waals surface area contributed by atoms with Gasteiger partial charge in [-0.25, -0.2) is 0 Å². The molecule has 2 nitrogen and oxygen atoms in total. The van der Waals surface area contributed by atoms with Gasteiger partial charge in [-0.05, 0) is 5.56 Å². The number of aliphatic hydroxyl groups excluding tert-OH is 1. The van der Waals surface area contributed by atoms with Crippen LogP contribution < -0.4 is 0 Å². The normalized spacial score (nSPS) is 12.8. The maximum absolute atomic E-state index is 8.63. The Balaban J connectivity index is 2.56. The van der Waals surface area contributed by atoms with Crippen molar-refractivity contribution < 1.29 is 9.84 Å². The molecule has 0 amide bonds. The molecule has 0 heterocycles. The Morgan fingerprint density at radius 3 is 2.54 bits per heavy atom. The van der Waals surface area contributed by atoms with Gasteiger partial charge in [0.2, 0.25) is 0 Å². The highest BCUT2D eigenvalue weighted by molar-refractivity contribution is 14.1. The zero-order chi connectivity index (χ0) is 9.52. The predicted octanol–water partition coefficient (Wildman–Crippen LogP) is 2.17. The second-order valence-electron chi connectivity index (χ2n) is 2.65. The van der Waals surface area contributed by atoms with Gasteiger partial charge in [-0.3, -0.25) is 0 Å². The Hall–Kier alpha value is -0.130. The predicted molar refractivity (Wildman–Crippen MR) is 61.1 cm³/mol. The number of hydrogen-bond donors (Lipinski definition) is 1. The van der Waals surface area contributed by atoms with Crippen LogP contribution in [0.2, 0.25) is 0 Å². The molecule has 0 aliphatic carbocycles. The fraction of sp³-hybridized carbons (Fsp3) is 0.400. The molecule has 0 aliphatic heterocycles. The number of alkyl halides is 1. The average Bonchev–Trinajstić information content (AvgIpc) is 2.21. The van der Waals surface area contributed by atoms with Gasteiger partial charge in [0.15, 0.2) is 0 Å². The summed E-state index contributed by atoms with van der Waals surface area (Å²) in [4.78, 5) is 0. The van der Waals surface area contributed by atoms with E-state index in [0.29, 0.717) is 6.61 Å². The average molecular weight is 292 g/mol. The van der Waals surface area contributed by atoms with E-state index in [-0.39, 0.29) is 12.7 Å². The molecule has 1 atom stereocenters. The van der Waals surface area contributed by atoms with E-state index in [1.165, 1.54) is 5.56 Å². The number of hydrogen-bond acceptors (Lipinski definition) is 2. The molecule has 1 N–H and O–H groups in total. The Morgan fingerprint density at radius 2 is 2.00 bits per heavy atom. The van der Waals surface area contributed by atoms with E-state index in [9.17, 15) is 0 Å². The molecule has 0 spiro atoms. The molecule has 13 heavy (non-hydrogen) atoms. The van der Waals surface area contributed by atoms with Gasteiger partial charge in [-0.1, -0.05) is 52.9 Å². The zero-order valence-electron chi connectivity index (χ0n) is 7.32. The van der Waals surface area contributed by atoms with Crippen LogP contribution in [-0.2, 0) is 4.74 Å². The summed E-state index contributed by atoms with van der Waals surface area (Å²) in [5, 5.41) is 8.63. The molecule has 1 aromatic rings. The van der Waals surface area contributed by atoms with E-state index in [4.69, 9.17) is 9.84 Å². The summed E-state index contributed by atoms with van der Waals surface area (Å²) < 4.78 is 6.37. The van der Waals surface area contributed by atoms with Gasteiger partial charge < -0.3 is 9.84 Å². The van der Waals surface area contributed by atoms with Crippen LogP contribution in [0.1, 0.15) is 11.7 Å². The van der Waals surface area contributed by atoms with Crippen molar-refractivity contribution in [3.63, 3.8) is 0 Å². The minimum atomic E-state index is 0.0833. The Bertz CT molecular complexity index is 226. The quantitative estimate of drug-likeness (QED) is 0.666. The van der Waals surface area contributed by atoms with Crippen molar-refractivity contribution in [2.45, 2.75) is 6.10 Å². The van der Waals surface area contributed by atoms with Crippen LogP contribution >= 0.6 is 22.6 Å². The Morgan fingerprint density at radius 1 is 1.31 bits per heavy atom. The standard InChI is InChI=1S/C10H13IO2/c11-8-10(13-7-6-12)9-4-2-1-3-5-9/h1-5,10,12H,6-8H2/t10-/m0/s1. The van der Waals surface area contributed by atoms with Crippen LogP contribution in [0.4, 0.5) is 0 Å². The van der Waals surface area contributed by atoms with E-state index in [1.54, 1.807) is 0 Å². The van der Waals surface area contributed by atoms with Crippen LogP contribution in [0.15, 0.2) is 30.3 Å². The van der Waals surface area contributed by atoms with Crippen LogP contribution in [0.3, 0.4) is 0 Å². The van der Waals surface area contributed by atoms with Crippen molar-refractivity contribution in [1.29, 1.82) is 0 Å². The van der Waals surface area contributed by atoms with E-state index >= 15 is 0 Å². The first-order valence-electron chi connectivity index (χ1n) is 4.22. The molecule has 0 aliphatic rings. The number of aliphatic hydroxyl groups is 1. The molecular weight excluding hydrogens is 279 g/mol. The summed E-state index contributed by atoms with van der Waals surface area (Å²) in [5.41, 5.74) is 1.17. The van der Waals surface area contributed by atoms with Gasteiger partial charge >= 0.3 is 0 Å². The summed E-state index contributed by atoms with van der Waals surface area (Å²) >= 11 is 2.29. The Kier molecular flexibility index (Phi) is 5.34. The molecule has 0 unspecified atom stereocenters. The highest BCUT2D eigenvalue weighted by atomic mass is 127. The molecule has 1 rings (SSSR count). The minimum absolute atomic E-state index is 0.0833. The largest absolute Gasteiger partial charge is 0.394 e. The molecule has 0 saturated carbocycles. The van der Waals surface area contributed by atoms with Gasteiger partial charge in [-0.15, -0.1) is 0 Å². The van der Waals surface area contributed by atoms with Gasteiger partial charge in [0.1, 0.15) is 0 Å². The topological polar surface area (TPSA) is 29.5 Å². The summed E-state index contributed by atoms with van der Waals surface area (Å²) in [6.45, 7) is 0.489. The minimum Gasteiger partial charge on any atom is -0.394 e. The first-order valence-corrected chi connectivity index (χ1v) is 5.74. The van der Waals surface area contributed by atoms with Gasteiger partial charge in [0.25, 0.3) is 0 Å². The third kappa shape index (κ3) is 3.62.